The number of morpholine rings is 1. The van der Waals surface area contributed by atoms with Gasteiger partial charge >= 0.3 is 0 Å². The summed E-state index contributed by atoms with van der Waals surface area (Å²) in [7, 11) is 0. The van der Waals surface area contributed by atoms with Crippen LogP contribution in [-0.4, -0.2) is 47.7 Å². The molecular formula is C19H22N2O4. The van der Waals surface area contributed by atoms with Crippen molar-refractivity contribution in [2.45, 2.75) is 31.6 Å². The van der Waals surface area contributed by atoms with E-state index in [4.69, 9.17) is 13.9 Å². The van der Waals surface area contributed by atoms with Crippen molar-refractivity contribution in [3.63, 3.8) is 0 Å². The van der Waals surface area contributed by atoms with Crippen LogP contribution < -0.4 is 0 Å². The lowest BCUT2D eigenvalue weighted by Gasteiger charge is -2.37. The number of rotatable bonds is 5. The molecule has 1 aliphatic carbocycles. The van der Waals surface area contributed by atoms with E-state index in [2.05, 4.69) is 4.98 Å². The highest BCUT2D eigenvalue weighted by molar-refractivity contribution is 5.94. The summed E-state index contributed by atoms with van der Waals surface area (Å²) in [6.07, 6.45) is 6.77. The molecule has 6 heteroatoms. The minimum atomic E-state index is 0.0297. The van der Waals surface area contributed by atoms with E-state index < -0.39 is 0 Å². The number of aromatic nitrogens is 1. The van der Waals surface area contributed by atoms with Crippen LogP contribution in [-0.2, 0) is 16.1 Å². The molecule has 0 unspecified atom stereocenters. The van der Waals surface area contributed by atoms with Gasteiger partial charge in [0.1, 0.15) is 6.26 Å². The predicted molar refractivity (Wildman–Crippen MR) is 89.9 cm³/mol. The third-order valence-electron chi connectivity index (χ3n) is 4.99. The summed E-state index contributed by atoms with van der Waals surface area (Å²) in [5.41, 5.74) is 1.54. The summed E-state index contributed by atoms with van der Waals surface area (Å²) in [6, 6.07) is 7.66. The maximum absolute atomic E-state index is 12.7. The van der Waals surface area contributed by atoms with E-state index in [0.29, 0.717) is 37.8 Å². The van der Waals surface area contributed by atoms with Gasteiger partial charge < -0.3 is 18.8 Å². The van der Waals surface area contributed by atoms with Crippen molar-refractivity contribution >= 4 is 5.91 Å². The van der Waals surface area contributed by atoms with Crippen LogP contribution in [0.3, 0.4) is 0 Å². The minimum Gasteiger partial charge on any atom is -0.472 e. The van der Waals surface area contributed by atoms with E-state index in [-0.39, 0.29) is 18.1 Å². The van der Waals surface area contributed by atoms with Crippen LogP contribution in [0.5, 0.6) is 0 Å². The van der Waals surface area contributed by atoms with Gasteiger partial charge in [0, 0.05) is 12.7 Å². The van der Waals surface area contributed by atoms with Gasteiger partial charge in [-0.1, -0.05) is 6.07 Å². The molecule has 4 rings (SSSR count). The summed E-state index contributed by atoms with van der Waals surface area (Å²) in [4.78, 5) is 18.9. The third kappa shape index (κ3) is 3.60. The molecule has 0 aromatic carbocycles. The number of fused-ring (bicyclic) bond motifs is 1. The molecule has 0 spiro atoms. The average molecular weight is 342 g/mol. The van der Waals surface area contributed by atoms with Crippen molar-refractivity contribution in [1.82, 2.24) is 9.88 Å². The molecule has 25 heavy (non-hydrogen) atoms. The summed E-state index contributed by atoms with van der Waals surface area (Å²) in [5.74, 6) is 0.429. The molecule has 3 atom stereocenters. The van der Waals surface area contributed by atoms with Gasteiger partial charge in [-0.05, 0) is 37.0 Å². The molecular weight excluding hydrogens is 320 g/mol. The van der Waals surface area contributed by atoms with Crippen LogP contribution >= 0.6 is 0 Å². The maximum Gasteiger partial charge on any atom is 0.257 e. The van der Waals surface area contributed by atoms with E-state index in [1.165, 1.54) is 12.5 Å². The van der Waals surface area contributed by atoms with Crippen LogP contribution in [0, 0.1) is 5.92 Å². The first-order valence-corrected chi connectivity index (χ1v) is 8.73. The first kappa shape index (κ1) is 16.3. The van der Waals surface area contributed by atoms with Crippen LogP contribution in [0.2, 0.25) is 0 Å². The van der Waals surface area contributed by atoms with Gasteiger partial charge in [0.05, 0.1) is 49.5 Å². The monoisotopic (exact) mass is 342 g/mol. The first-order chi connectivity index (χ1) is 12.3. The molecule has 6 nitrogen and oxygen atoms in total. The summed E-state index contributed by atoms with van der Waals surface area (Å²) in [6.45, 7) is 2.41. The lowest BCUT2D eigenvalue weighted by Crippen LogP contribution is -2.51. The standard InChI is InChI=1S/C19H22N2O4/c22-19(15-4-7-23-12-15)21-6-8-25-18-10-14(9-17(18)21)11-24-13-16-3-1-2-5-20-16/h1-5,7,12,14,17-18H,6,8-11,13H2/t14-,17+,18+/m0/s1. The predicted octanol–water partition coefficient (Wildman–Crippen LogP) is 2.51. The Bertz CT molecular complexity index is 689. The van der Waals surface area contributed by atoms with Crippen LogP contribution in [0.4, 0.5) is 0 Å². The minimum absolute atomic E-state index is 0.0297. The van der Waals surface area contributed by atoms with Crippen molar-refractivity contribution in [2.24, 2.45) is 5.92 Å². The van der Waals surface area contributed by atoms with Gasteiger partial charge in [-0.3, -0.25) is 9.78 Å². The Hall–Kier alpha value is -2.18. The van der Waals surface area contributed by atoms with Crippen molar-refractivity contribution < 1.29 is 18.7 Å². The smallest absolute Gasteiger partial charge is 0.257 e. The second-order valence-electron chi connectivity index (χ2n) is 6.66. The Morgan fingerprint density at radius 3 is 3.08 bits per heavy atom. The Morgan fingerprint density at radius 2 is 2.28 bits per heavy atom. The highest BCUT2D eigenvalue weighted by Gasteiger charge is 2.43. The molecule has 2 aromatic heterocycles. The Labute approximate surface area is 146 Å². The summed E-state index contributed by atoms with van der Waals surface area (Å²) in [5, 5.41) is 0. The number of furan rings is 1. The van der Waals surface area contributed by atoms with E-state index in [1.54, 1.807) is 12.3 Å². The van der Waals surface area contributed by atoms with Crippen LogP contribution in [0.15, 0.2) is 47.4 Å². The largest absolute Gasteiger partial charge is 0.472 e. The number of pyridine rings is 1. The quantitative estimate of drug-likeness (QED) is 0.835. The number of carbonyl (C=O) groups is 1. The van der Waals surface area contributed by atoms with E-state index in [1.807, 2.05) is 23.1 Å². The van der Waals surface area contributed by atoms with Gasteiger partial charge in [0.25, 0.3) is 5.91 Å². The first-order valence-electron chi connectivity index (χ1n) is 8.73. The summed E-state index contributed by atoms with van der Waals surface area (Å²) >= 11 is 0. The second-order valence-corrected chi connectivity index (χ2v) is 6.66. The molecule has 3 heterocycles. The van der Waals surface area contributed by atoms with Crippen molar-refractivity contribution in [2.75, 3.05) is 19.8 Å². The Kier molecular flexibility index (Phi) is 4.81. The lowest BCUT2D eigenvalue weighted by atomic mass is 10.1. The van der Waals surface area contributed by atoms with Crippen molar-refractivity contribution in [1.29, 1.82) is 0 Å². The number of hydrogen-bond donors (Lipinski definition) is 0. The highest BCUT2D eigenvalue weighted by Crippen LogP contribution is 2.35. The van der Waals surface area contributed by atoms with Gasteiger partial charge in [-0.25, -0.2) is 0 Å². The van der Waals surface area contributed by atoms with Gasteiger partial charge in [-0.2, -0.15) is 0 Å². The van der Waals surface area contributed by atoms with E-state index in [9.17, 15) is 4.79 Å². The molecule has 0 N–H and O–H groups in total. The number of amides is 1. The zero-order chi connectivity index (χ0) is 17.1. The maximum atomic E-state index is 12.7. The molecule has 0 radical (unpaired) electrons. The van der Waals surface area contributed by atoms with Gasteiger partial charge in [-0.15, -0.1) is 0 Å². The van der Waals surface area contributed by atoms with Crippen LogP contribution in [0.25, 0.3) is 0 Å². The van der Waals surface area contributed by atoms with Crippen molar-refractivity contribution in [3.05, 3.63) is 54.2 Å². The van der Waals surface area contributed by atoms with E-state index in [0.717, 1.165) is 18.5 Å². The average Bonchev–Trinajstić information content (AvgIpc) is 3.31. The number of hydrogen-bond acceptors (Lipinski definition) is 5. The number of carbonyl (C=O) groups excluding carboxylic acids is 1. The fraction of sp³-hybridized carbons (Fsp3) is 0.474. The Balaban J connectivity index is 1.33. The normalized spacial score (nSPS) is 25.8. The molecule has 1 aliphatic heterocycles. The molecule has 1 saturated heterocycles. The fourth-order valence-corrected chi connectivity index (χ4v) is 3.80. The molecule has 1 saturated carbocycles. The zero-order valence-electron chi connectivity index (χ0n) is 14.0. The molecule has 0 bridgehead atoms. The molecule has 2 aliphatic rings. The van der Waals surface area contributed by atoms with Gasteiger partial charge in [0.15, 0.2) is 0 Å². The molecule has 1 amide bonds. The number of ether oxygens (including phenoxy) is 2. The lowest BCUT2D eigenvalue weighted by molar-refractivity contribution is -0.0450. The van der Waals surface area contributed by atoms with E-state index >= 15 is 0 Å². The number of nitrogens with zero attached hydrogens (tertiary/aromatic N) is 2. The highest BCUT2D eigenvalue weighted by atomic mass is 16.5. The van der Waals surface area contributed by atoms with Gasteiger partial charge in [0.2, 0.25) is 0 Å². The fourth-order valence-electron chi connectivity index (χ4n) is 3.80. The Morgan fingerprint density at radius 1 is 1.32 bits per heavy atom. The topological polar surface area (TPSA) is 64.8 Å². The molecule has 2 aromatic rings. The van der Waals surface area contributed by atoms with Crippen molar-refractivity contribution in [3.8, 4) is 0 Å². The SMILES string of the molecule is O=C(c1ccoc1)N1CCO[C@@H]2C[C@@H](COCc3ccccn3)C[C@H]21. The zero-order valence-corrected chi connectivity index (χ0v) is 14.0. The summed E-state index contributed by atoms with van der Waals surface area (Å²) < 4.78 is 16.8. The third-order valence-corrected chi connectivity index (χ3v) is 4.99. The molecule has 132 valence electrons. The molecule has 2 fully saturated rings. The van der Waals surface area contributed by atoms with Crippen LogP contribution in [0.1, 0.15) is 28.9 Å². The second kappa shape index (κ2) is 7.37.